The minimum Gasteiger partial charge on any atom is -0.478 e. The molecule has 0 fully saturated rings. The Hall–Kier alpha value is -4.07. The molecule has 0 unspecified atom stereocenters. The number of aromatic nitrogens is 3. The van der Waals surface area contributed by atoms with Crippen molar-refractivity contribution in [3.63, 3.8) is 0 Å². The molecule has 3 aromatic heterocycles. The number of halogens is 1. The number of anilines is 1. The zero-order valence-corrected chi connectivity index (χ0v) is 15.9. The Morgan fingerprint density at radius 3 is 2.53 bits per heavy atom. The fourth-order valence-electron chi connectivity index (χ4n) is 3.04. The molecule has 1 atom stereocenters. The van der Waals surface area contributed by atoms with Crippen LogP contribution in [-0.2, 0) is 0 Å². The van der Waals surface area contributed by atoms with Gasteiger partial charge in [-0.25, -0.2) is 19.2 Å². The number of nitrogens with one attached hydrogen (secondary N) is 1. The number of hydrogen-bond donors (Lipinski definition) is 2. The molecule has 0 saturated heterocycles. The van der Waals surface area contributed by atoms with Crippen molar-refractivity contribution < 1.29 is 19.0 Å². The van der Waals surface area contributed by atoms with Gasteiger partial charge in [-0.2, -0.15) is 0 Å². The number of carboxylic acid groups (broad SMARTS) is 1. The van der Waals surface area contributed by atoms with Gasteiger partial charge < -0.3 is 15.2 Å². The van der Waals surface area contributed by atoms with Crippen LogP contribution >= 0.6 is 0 Å². The van der Waals surface area contributed by atoms with E-state index in [1.165, 1.54) is 12.3 Å². The van der Waals surface area contributed by atoms with Crippen LogP contribution in [0.2, 0.25) is 0 Å². The van der Waals surface area contributed by atoms with E-state index in [1.807, 2.05) is 19.1 Å². The molecule has 0 amide bonds. The van der Waals surface area contributed by atoms with Crippen LogP contribution in [0.15, 0.2) is 67.3 Å². The minimum atomic E-state index is -0.974. The van der Waals surface area contributed by atoms with Crippen LogP contribution in [0, 0.1) is 5.82 Å². The van der Waals surface area contributed by atoms with Gasteiger partial charge in [0.15, 0.2) is 5.75 Å². The molecule has 0 bridgehead atoms. The molecule has 0 aliphatic rings. The summed E-state index contributed by atoms with van der Waals surface area (Å²) in [5.41, 5.74) is 1.11. The van der Waals surface area contributed by atoms with E-state index in [2.05, 4.69) is 20.3 Å². The lowest BCUT2D eigenvalue weighted by atomic mass is 10.1. The number of carbonyl (C=O) groups is 1. The molecular formula is C22H17FN4O3. The third kappa shape index (κ3) is 4.02. The number of fused-ring (bicyclic) bond motifs is 1. The molecular weight excluding hydrogens is 387 g/mol. The maximum absolute atomic E-state index is 13.5. The third-order valence-corrected chi connectivity index (χ3v) is 4.55. The number of aromatic carboxylic acids is 1. The number of nitrogens with zero attached hydrogens (tertiary/aromatic N) is 3. The molecule has 0 aliphatic carbocycles. The topological polar surface area (TPSA) is 97.2 Å². The predicted molar refractivity (Wildman–Crippen MR) is 109 cm³/mol. The van der Waals surface area contributed by atoms with Gasteiger partial charge in [-0.15, -0.1) is 0 Å². The van der Waals surface area contributed by atoms with E-state index in [-0.39, 0.29) is 23.2 Å². The molecule has 4 aromatic rings. The zero-order valence-electron chi connectivity index (χ0n) is 15.9. The van der Waals surface area contributed by atoms with E-state index in [4.69, 9.17) is 9.84 Å². The number of benzene rings is 1. The van der Waals surface area contributed by atoms with Gasteiger partial charge in [0, 0.05) is 24.5 Å². The van der Waals surface area contributed by atoms with Crippen LogP contribution < -0.4 is 10.1 Å². The highest BCUT2D eigenvalue weighted by atomic mass is 19.1. The predicted octanol–water partition coefficient (Wildman–Crippen LogP) is 4.83. The Morgan fingerprint density at radius 1 is 1.10 bits per heavy atom. The van der Waals surface area contributed by atoms with E-state index in [1.54, 1.807) is 36.7 Å². The second-order valence-electron chi connectivity index (χ2n) is 6.61. The van der Waals surface area contributed by atoms with Crippen molar-refractivity contribution >= 4 is 22.6 Å². The third-order valence-electron chi connectivity index (χ3n) is 4.55. The van der Waals surface area contributed by atoms with Crippen molar-refractivity contribution in [3.8, 4) is 11.6 Å². The van der Waals surface area contributed by atoms with Crippen LogP contribution in [0.1, 0.15) is 28.9 Å². The quantitative estimate of drug-likeness (QED) is 0.475. The van der Waals surface area contributed by atoms with Gasteiger partial charge in [0.1, 0.15) is 11.6 Å². The number of hydrogen-bond acceptors (Lipinski definition) is 6. The van der Waals surface area contributed by atoms with Gasteiger partial charge in [-0.1, -0.05) is 12.1 Å². The summed E-state index contributed by atoms with van der Waals surface area (Å²) in [5, 5.41) is 13.9. The maximum atomic E-state index is 13.5. The van der Waals surface area contributed by atoms with Crippen LogP contribution in [-0.4, -0.2) is 26.0 Å². The van der Waals surface area contributed by atoms with Crippen molar-refractivity contribution in [2.75, 3.05) is 5.32 Å². The Labute approximate surface area is 171 Å². The van der Waals surface area contributed by atoms with Crippen LogP contribution in [0.4, 0.5) is 10.2 Å². The lowest BCUT2D eigenvalue weighted by molar-refractivity contribution is 0.0697. The molecule has 4 rings (SSSR count). The highest BCUT2D eigenvalue weighted by Crippen LogP contribution is 2.33. The molecule has 0 saturated carbocycles. The second kappa shape index (κ2) is 8.12. The van der Waals surface area contributed by atoms with Gasteiger partial charge in [0.2, 0.25) is 5.88 Å². The molecule has 150 valence electrons. The summed E-state index contributed by atoms with van der Waals surface area (Å²) in [6, 6.07) is 11.3. The normalized spacial score (nSPS) is 11.8. The van der Waals surface area contributed by atoms with Crippen LogP contribution in [0.25, 0.3) is 10.8 Å². The van der Waals surface area contributed by atoms with E-state index in [0.717, 1.165) is 17.1 Å². The SMILES string of the molecule is C[C@H](Nc1nccc2ccnc(Oc3cncc(F)c3)c12)c1ccc(C(=O)O)cc1. The molecule has 1 aromatic carbocycles. The van der Waals surface area contributed by atoms with E-state index in [0.29, 0.717) is 11.2 Å². The number of rotatable bonds is 6. The first-order valence-corrected chi connectivity index (χ1v) is 9.13. The summed E-state index contributed by atoms with van der Waals surface area (Å²) in [5.74, 6) is -0.457. The summed E-state index contributed by atoms with van der Waals surface area (Å²) in [4.78, 5) is 23.6. The second-order valence-corrected chi connectivity index (χ2v) is 6.61. The Kier molecular flexibility index (Phi) is 5.21. The van der Waals surface area contributed by atoms with Gasteiger partial charge in [0.05, 0.1) is 23.3 Å². The summed E-state index contributed by atoms with van der Waals surface area (Å²) < 4.78 is 19.3. The highest BCUT2D eigenvalue weighted by Gasteiger charge is 2.15. The summed E-state index contributed by atoms with van der Waals surface area (Å²) in [6.45, 7) is 1.93. The zero-order chi connectivity index (χ0) is 21.1. The Bertz CT molecular complexity index is 1210. The van der Waals surface area contributed by atoms with Crippen LogP contribution in [0.3, 0.4) is 0 Å². The maximum Gasteiger partial charge on any atom is 0.335 e. The van der Waals surface area contributed by atoms with Gasteiger partial charge >= 0.3 is 5.97 Å². The Morgan fingerprint density at radius 2 is 1.83 bits per heavy atom. The van der Waals surface area contributed by atoms with E-state index >= 15 is 0 Å². The molecule has 3 heterocycles. The molecule has 2 N–H and O–H groups in total. The minimum absolute atomic E-state index is 0.171. The van der Waals surface area contributed by atoms with E-state index < -0.39 is 11.8 Å². The summed E-state index contributed by atoms with van der Waals surface area (Å²) in [6.07, 6.45) is 5.76. The van der Waals surface area contributed by atoms with Crippen molar-refractivity contribution in [2.45, 2.75) is 13.0 Å². The largest absolute Gasteiger partial charge is 0.478 e. The first kappa shape index (κ1) is 19.3. The molecule has 0 radical (unpaired) electrons. The fourth-order valence-corrected chi connectivity index (χ4v) is 3.04. The van der Waals surface area contributed by atoms with Crippen molar-refractivity contribution in [3.05, 3.63) is 84.2 Å². The number of carboxylic acids is 1. The molecule has 0 spiro atoms. The number of pyridine rings is 3. The standard InChI is InChI=1S/C22H17FN4O3/c1-13(14-2-4-16(5-3-14)22(28)29)27-20-19-15(6-8-25-20)7-9-26-21(19)30-18-10-17(23)11-24-12-18/h2-13H,1H3,(H,25,27)(H,28,29)/t13-/m0/s1. The molecule has 8 heteroatoms. The first-order valence-electron chi connectivity index (χ1n) is 9.13. The first-order chi connectivity index (χ1) is 14.5. The summed E-state index contributed by atoms with van der Waals surface area (Å²) in [7, 11) is 0. The fraction of sp³-hybridized carbons (Fsp3) is 0.0909. The molecule has 30 heavy (non-hydrogen) atoms. The van der Waals surface area contributed by atoms with Gasteiger partial charge in [0.25, 0.3) is 0 Å². The van der Waals surface area contributed by atoms with Crippen molar-refractivity contribution in [1.29, 1.82) is 0 Å². The Balaban J connectivity index is 1.67. The van der Waals surface area contributed by atoms with Crippen molar-refractivity contribution in [2.24, 2.45) is 0 Å². The van der Waals surface area contributed by atoms with E-state index in [9.17, 15) is 9.18 Å². The number of ether oxygens (including phenoxy) is 1. The highest BCUT2D eigenvalue weighted by molar-refractivity contribution is 5.96. The average molecular weight is 404 g/mol. The lowest BCUT2D eigenvalue weighted by Crippen LogP contribution is -2.09. The monoisotopic (exact) mass is 404 g/mol. The lowest BCUT2D eigenvalue weighted by Gasteiger charge is -2.17. The van der Waals surface area contributed by atoms with Gasteiger partial charge in [-0.3, -0.25) is 4.98 Å². The van der Waals surface area contributed by atoms with Crippen molar-refractivity contribution in [1.82, 2.24) is 15.0 Å². The van der Waals surface area contributed by atoms with Crippen LogP contribution in [0.5, 0.6) is 11.6 Å². The smallest absolute Gasteiger partial charge is 0.335 e. The average Bonchev–Trinajstić information content (AvgIpc) is 2.74. The molecule has 0 aliphatic heterocycles. The summed E-state index contributed by atoms with van der Waals surface area (Å²) >= 11 is 0. The molecule has 7 nitrogen and oxygen atoms in total. The van der Waals surface area contributed by atoms with Gasteiger partial charge in [-0.05, 0) is 42.1 Å².